The third kappa shape index (κ3) is 2.10. The number of aromatic hydroxyl groups is 1. The van der Waals surface area contributed by atoms with Crippen LogP contribution in [0.15, 0.2) is 36.7 Å². The second-order valence-electron chi connectivity index (χ2n) is 3.40. The molecule has 15 heavy (non-hydrogen) atoms. The third-order valence-corrected chi connectivity index (χ3v) is 2.64. The van der Waals surface area contributed by atoms with E-state index in [1.54, 1.807) is 12.3 Å². The lowest BCUT2D eigenvalue weighted by Crippen LogP contribution is -1.82. The highest BCUT2D eigenvalue weighted by Gasteiger charge is 2.01. The molecule has 0 amide bonds. The molecule has 1 heterocycles. The molecule has 2 aromatic rings. The summed E-state index contributed by atoms with van der Waals surface area (Å²) < 4.78 is 0. The van der Waals surface area contributed by atoms with Crippen LogP contribution in [0.1, 0.15) is 5.56 Å². The lowest BCUT2D eigenvalue weighted by atomic mass is 10.1. The minimum atomic E-state index is 0.157. The fraction of sp³-hybridized carbons (Fsp3) is 0.0833. The van der Waals surface area contributed by atoms with Crippen LogP contribution in [0, 0.1) is 6.92 Å². The van der Waals surface area contributed by atoms with Crippen LogP contribution in [0.4, 0.5) is 0 Å². The summed E-state index contributed by atoms with van der Waals surface area (Å²) in [6.07, 6.45) is 3.10. The van der Waals surface area contributed by atoms with Crippen molar-refractivity contribution in [2.75, 3.05) is 0 Å². The molecular weight excluding hydrogens is 210 g/mol. The normalized spacial score (nSPS) is 10.3. The van der Waals surface area contributed by atoms with Gasteiger partial charge in [-0.15, -0.1) is 0 Å². The first-order valence-corrected chi connectivity index (χ1v) is 4.95. The molecular formula is C12H10ClNO. The van der Waals surface area contributed by atoms with Crippen LogP contribution in [-0.2, 0) is 0 Å². The van der Waals surface area contributed by atoms with E-state index in [0.717, 1.165) is 21.7 Å². The van der Waals surface area contributed by atoms with Crippen molar-refractivity contribution >= 4 is 11.6 Å². The van der Waals surface area contributed by atoms with Gasteiger partial charge in [0.25, 0.3) is 0 Å². The molecule has 3 heteroatoms. The summed E-state index contributed by atoms with van der Waals surface area (Å²) in [5.74, 6) is 0.157. The number of rotatable bonds is 1. The molecule has 1 N–H and O–H groups in total. The number of aromatic nitrogens is 1. The number of nitrogens with zero attached hydrogens (tertiary/aromatic N) is 1. The monoisotopic (exact) mass is 219 g/mol. The van der Waals surface area contributed by atoms with Gasteiger partial charge >= 0.3 is 0 Å². The molecule has 0 aliphatic heterocycles. The van der Waals surface area contributed by atoms with Gasteiger partial charge < -0.3 is 5.11 Å². The maximum Gasteiger partial charge on any atom is 0.134 e. The van der Waals surface area contributed by atoms with Gasteiger partial charge in [-0.1, -0.05) is 23.7 Å². The number of pyridine rings is 1. The van der Waals surface area contributed by atoms with Crippen LogP contribution in [-0.4, -0.2) is 10.1 Å². The van der Waals surface area contributed by atoms with E-state index in [1.807, 2.05) is 25.1 Å². The fourth-order valence-corrected chi connectivity index (χ4v) is 1.54. The van der Waals surface area contributed by atoms with E-state index < -0.39 is 0 Å². The van der Waals surface area contributed by atoms with Crippen molar-refractivity contribution < 1.29 is 5.11 Å². The molecule has 0 aliphatic rings. The van der Waals surface area contributed by atoms with E-state index in [0.29, 0.717) is 0 Å². The van der Waals surface area contributed by atoms with Crippen LogP contribution in [0.2, 0.25) is 5.02 Å². The summed E-state index contributed by atoms with van der Waals surface area (Å²) in [6.45, 7) is 1.95. The zero-order valence-electron chi connectivity index (χ0n) is 8.24. The molecule has 1 aromatic carbocycles. The molecule has 1 aromatic heterocycles. The highest BCUT2D eigenvalue weighted by atomic mass is 35.5. The summed E-state index contributed by atoms with van der Waals surface area (Å²) >= 11 is 6.02. The molecule has 0 fully saturated rings. The molecule has 2 nitrogen and oxygen atoms in total. The van der Waals surface area contributed by atoms with Crippen molar-refractivity contribution in [3.05, 3.63) is 47.2 Å². The second-order valence-corrected chi connectivity index (χ2v) is 3.80. The SMILES string of the molecule is Cc1ccc(-c2cncc(O)c2)cc1Cl. The standard InChI is InChI=1S/C12H10ClNO/c1-8-2-3-9(5-12(8)13)10-4-11(15)7-14-6-10/h2-7,15H,1H3. The molecule has 0 atom stereocenters. The van der Waals surface area contributed by atoms with E-state index in [2.05, 4.69) is 4.98 Å². The van der Waals surface area contributed by atoms with Gasteiger partial charge in [0.15, 0.2) is 0 Å². The first kappa shape index (κ1) is 9.99. The highest BCUT2D eigenvalue weighted by Crippen LogP contribution is 2.26. The van der Waals surface area contributed by atoms with Gasteiger partial charge in [0.05, 0.1) is 6.20 Å². The average molecular weight is 220 g/mol. The Balaban J connectivity index is 2.50. The van der Waals surface area contributed by atoms with Crippen LogP contribution < -0.4 is 0 Å². The Kier molecular flexibility index (Phi) is 2.60. The molecule has 0 saturated carbocycles. The Morgan fingerprint density at radius 1 is 1.13 bits per heavy atom. The molecule has 0 saturated heterocycles. The Morgan fingerprint density at radius 2 is 1.93 bits per heavy atom. The number of aryl methyl sites for hydroxylation is 1. The summed E-state index contributed by atoms with van der Waals surface area (Å²) in [4.78, 5) is 3.92. The average Bonchev–Trinajstić information content (AvgIpc) is 2.22. The number of hydrogen-bond donors (Lipinski definition) is 1. The van der Waals surface area contributed by atoms with E-state index in [-0.39, 0.29) is 5.75 Å². The van der Waals surface area contributed by atoms with E-state index in [9.17, 15) is 5.11 Å². The lowest BCUT2D eigenvalue weighted by molar-refractivity contribution is 0.473. The number of hydrogen-bond acceptors (Lipinski definition) is 2. The number of benzene rings is 1. The van der Waals surface area contributed by atoms with E-state index in [4.69, 9.17) is 11.6 Å². The van der Waals surface area contributed by atoms with Crippen molar-refractivity contribution in [3.63, 3.8) is 0 Å². The van der Waals surface area contributed by atoms with Crippen LogP contribution in [0.25, 0.3) is 11.1 Å². The smallest absolute Gasteiger partial charge is 0.134 e. The molecule has 76 valence electrons. The largest absolute Gasteiger partial charge is 0.506 e. The van der Waals surface area contributed by atoms with Crippen molar-refractivity contribution in [2.45, 2.75) is 6.92 Å². The Bertz CT molecular complexity index is 497. The summed E-state index contributed by atoms with van der Waals surface area (Å²) in [7, 11) is 0. The lowest BCUT2D eigenvalue weighted by Gasteiger charge is -2.04. The maximum absolute atomic E-state index is 9.30. The Morgan fingerprint density at radius 3 is 2.60 bits per heavy atom. The van der Waals surface area contributed by atoms with Gasteiger partial charge in [0.1, 0.15) is 5.75 Å². The minimum Gasteiger partial charge on any atom is -0.506 e. The van der Waals surface area contributed by atoms with Gasteiger partial charge in [-0.2, -0.15) is 0 Å². The van der Waals surface area contributed by atoms with Crippen molar-refractivity contribution in [2.24, 2.45) is 0 Å². The first-order valence-electron chi connectivity index (χ1n) is 4.57. The Labute approximate surface area is 93.2 Å². The minimum absolute atomic E-state index is 0.157. The van der Waals surface area contributed by atoms with Crippen molar-refractivity contribution in [1.82, 2.24) is 4.98 Å². The van der Waals surface area contributed by atoms with Crippen molar-refractivity contribution in [3.8, 4) is 16.9 Å². The zero-order chi connectivity index (χ0) is 10.8. The number of halogens is 1. The van der Waals surface area contributed by atoms with Crippen LogP contribution in [0.3, 0.4) is 0 Å². The van der Waals surface area contributed by atoms with Crippen LogP contribution in [0.5, 0.6) is 5.75 Å². The third-order valence-electron chi connectivity index (χ3n) is 2.23. The van der Waals surface area contributed by atoms with Gasteiger partial charge in [0.2, 0.25) is 0 Å². The highest BCUT2D eigenvalue weighted by molar-refractivity contribution is 6.31. The van der Waals surface area contributed by atoms with Crippen molar-refractivity contribution in [1.29, 1.82) is 0 Å². The fourth-order valence-electron chi connectivity index (χ4n) is 1.36. The summed E-state index contributed by atoms with van der Waals surface area (Å²) in [6, 6.07) is 7.43. The molecule has 0 bridgehead atoms. The van der Waals surface area contributed by atoms with E-state index >= 15 is 0 Å². The molecule has 0 spiro atoms. The van der Waals surface area contributed by atoms with Gasteiger partial charge in [0, 0.05) is 16.8 Å². The second kappa shape index (κ2) is 3.91. The van der Waals surface area contributed by atoms with Gasteiger partial charge in [-0.3, -0.25) is 4.98 Å². The quantitative estimate of drug-likeness (QED) is 0.797. The topological polar surface area (TPSA) is 33.1 Å². The maximum atomic E-state index is 9.30. The predicted molar refractivity (Wildman–Crippen MR) is 61.1 cm³/mol. The predicted octanol–water partition coefficient (Wildman–Crippen LogP) is 3.42. The summed E-state index contributed by atoms with van der Waals surface area (Å²) in [5, 5.41) is 10.0. The first-order chi connectivity index (χ1) is 7.16. The molecule has 0 aliphatic carbocycles. The van der Waals surface area contributed by atoms with Gasteiger partial charge in [-0.05, 0) is 30.2 Å². The van der Waals surface area contributed by atoms with Gasteiger partial charge in [-0.25, -0.2) is 0 Å². The zero-order valence-corrected chi connectivity index (χ0v) is 8.99. The van der Waals surface area contributed by atoms with Crippen LogP contribution >= 0.6 is 11.6 Å². The summed E-state index contributed by atoms with van der Waals surface area (Å²) in [5.41, 5.74) is 2.85. The molecule has 0 radical (unpaired) electrons. The Hall–Kier alpha value is -1.54. The molecule has 2 rings (SSSR count). The molecule has 0 unspecified atom stereocenters. The van der Waals surface area contributed by atoms with E-state index in [1.165, 1.54) is 6.20 Å².